The predicted molar refractivity (Wildman–Crippen MR) is 187 cm³/mol. The van der Waals surface area contributed by atoms with Gasteiger partial charge in [-0.15, -0.1) is 37.2 Å². The molecule has 4 nitrogen and oxygen atoms in total. The SMILES string of the molecule is CC1C=C(C2=[C-]C[C@H](C)CC2)[N-]C[C@H]1C.[2H]C([2H])([2H])C1=NC2OC3=C([C@H]4CC=C5SC(C)=C(C([2H])([2H])C(C)(C)C)[C@H]5[N-]4)[CH-]CCC3C2CC1.[Ir]. The Morgan fingerprint density at radius 2 is 2.02 bits per heavy atom. The average Bonchev–Trinajstić information content (AvgIpc) is 3.58. The van der Waals surface area contributed by atoms with Gasteiger partial charge >= 0.3 is 0 Å². The Bertz CT molecular complexity index is 1490. The number of thioether (sulfide) groups is 1. The van der Waals surface area contributed by atoms with Crippen LogP contribution in [0.15, 0.2) is 55.1 Å². The van der Waals surface area contributed by atoms with Gasteiger partial charge in [0, 0.05) is 38.6 Å². The number of ether oxygens (including phenoxy) is 1. The molecular weight excluding hydrogens is 751 g/mol. The number of aliphatic imine (C=N–C) groups is 1. The van der Waals surface area contributed by atoms with Crippen LogP contribution in [-0.2, 0) is 24.8 Å². The van der Waals surface area contributed by atoms with Gasteiger partial charge in [0.25, 0.3) is 0 Å². The second kappa shape index (κ2) is 14.5. The molecule has 251 valence electrons. The van der Waals surface area contributed by atoms with Crippen molar-refractivity contribution in [2.45, 2.75) is 131 Å². The summed E-state index contributed by atoms with van der Waals surface area (Å²) in [5, 5.41) is 9.90. The van der Waals surface area contributed by atoms with E-state index in [1.165, 1.54) is 24.1 Å². The molecule has 0 aromatic rings. The third kappa shape index (κ3) is 7.93. The molecule has 4 unspecified atom stereocenters. The van der Waals surface area contributed by atoms with Gasteiger partial charge in [-0.1, -0.05) is 90.3 Å². The molecule has 6 heteroatoms. The van der Waals surface area contributed by atoms with E-state index < -0.39 is 24.9 Å². The molecule has 7 aliphatic rings. The standard InChI is InChI=1S/C25H34N2OS.C14H21N.Ir/c1-14-9-10-17-16-7-6-8-18(23(16)28-24(17)26-14)20-11-12-21-22(27-20)19(15(2)29-21)13-25(3,4)5;1-10-4-6-13(7-5-10)14-8-11(2)12(3)9-15-14;/h8,12,16-17,20,22,24H,6-7,9-11,13H2,1-5H3;8,10-12H,4-6,9H2,1-3H3;/q2*-2;/t16?,17?,20-,22-,24?;10-,11?,12-;/m11./s1/i1D3,13D2;;. The molecule has 7 rings (SSSR count). The maximum atomic E-state index is 8.94. The molecule has 1 saturated heterocycles. The topological polar surface area (TPSA) is 49.8 Å². The first-order valence-corrected chi connectivity index (χ1v) is 17.9. The Hall–Kier alpha value is -1.20. The van der Waals surface area contributed by atoms with E-state index in [-0.39, 0.29) is 49.7 Å². The second-order valence-corrected chi connectivity index (χ2v) is 16.4. The predicted octanol–water partition coefficient (Wildman–Crippen LogP) is 11.0. The summed E-state index contributed by atoms with van der Waals surface area (Å²) in [7, 11) is 0. The molecule has 1 fully saturated rings. The zero-order chi connectivity index (χ0) is 35.5. The van der Waals surface area contributed by atoms with E-state index in [0.29, 0.717) is 18.3 Å². The van der Waals surface area contributed by atoms with Crippen molar-refractivity contribution in [2.75, 3.05) is 6.54 Å². The number of nitrogens with zero attached hydrogens (tertiary/aromatic N) is 3. The Morgan fingerprint density at radius 1 is 1.20 bits per heavy atom. The van der Waals surface area contributed by atoms with Crippen LogP contribution in [0.3, 0.4) is 0 Å². The third-order valence-corrected chi connectivity index (χ3v) is 11.4. The van der Waals surface area contributed by atoms with E-state index in [4.69, 9.17) is 16.9 Å². The molecule has 0 bridgehead atoms. The van der Waals surface area contributed by atoms with Crippen LogP contribution in [0.2, 0.25) is 0 Å². The smallest absolute Gasteiger partial charge is 0.171 e. The normalized spacial score (nSPS) is 38.1. The van der Waals surface area contributed by atoms with Gasteiger partial charge in [0.1, 0.15) is 0 Å². The maximum Gasteiger partial charge on any atom is 0.171 e. The molecule has 0 spiro atoms. The minimum absolute atomic E-state index is 0. The molecule has 0 amide bonds. The minimum atomic E-state index is -2.15. The largest absolute Gasteiger partial charge is 0.769 e. The van der Waals surface area contributed by atoms with Gasteiger partial charge in [-0.25, -0.2) is 12.0 Å². The summed E-state index contributed by atoms with van der Waals surface area (Å²) in [6.07, 6.45) is 16.1. The molecule has 5 heterocycles. The van der Waals surface area contributed by atoms with Gasteiger partial charge in [0.15, 0.2) is 6.23 Å². The van der Waals surface area contributed by atoms with E-state index in [1.807, 2.05) is 27.7 Å². The second-order valence-electron chi connectivity index (χ2n) is 15.1. The van der Waals surface area contributed by atoms with Crippen molar-refractivity contribution in [2.24, 2.45) is 40.0 Å². The summed E-state index contributed by atoms with van der Waals surface area (Å²) < 4.78 is 47.5. The Morgan fingerprint density at radius 3 is 2.73 bits per heavy atom. The van der Waals surface area contributed by atoms with E-state index >= 15 is 0 Å². The molecule has 5 aliphatic heterocycles. The van der Waals surface area contributed by atoms with E-state index in [1.54, 1.807) is 11.8 Å². The zero-order valence-corrected chi connectivity index (χ0v) is 31.4. The fourth-order valence-corrected chi connectivity index (χ4v) is 8.56. The third-order valence-electron chi connectivity index (χ3n) is 10.3. The molecule has 0 aromatic carbocycles. The van der Waals surface area contributed by atoms with Crippen molar-refractivity contribution < 1.29 is 31.7 Å². The number of hydrogen-bond acceptors (Lipinski definition) is 3. The molecular formula is C39H55IrN3OS-4. The van der Waals surface area contributed by atoms with Crippen LogP contribution in [0.5, 0.6) is 0 Å². The van der Waals surface area contributed by atoms with Crippen LogP contribution in [0.1, 0.15) is 120 Å². The van der Waals surface area contributed by atoms with Crippen molar-refractivity contribution in [3.05, 3.63) is 73.3 Å². The van der Waals surface area contributed by atoms with Gasteiger partial charge in [-0.3, -0.25) is 11.1 Å². The number of rotatable bonds is 3. The molecule has 2 aliphatic carbocycles. The number of allylic oxidation sites excluding steroid dienone is 5. The molecule has 0 saturated carbocycles. The van der Waals surface area contributed by atoms with Crippen LogP contribution in [0, 0.1) is 47.5 Å². The monoisotopic (exact) mass is 811 g/mol. The van der Waals surface area contributed by atoms with Gasteiger partial charge in [-0.2, -0.15) is 11.6 Å². The van der Waals surface area contributed by atoms with Crippen molar-refractivity contribution >= 4 is 17.5 Å². The Labute approximate surface area is 299 Å². The van der Waals surface area contributed by atoms with Crippen LogP contribution in [0.4, 0.5) is 0 Å². The van der Waals surface area contributed by atoms with Crippen LogP contribution in [-0.4, -0.2) is 30.6 Å². The number of fused-ring (bicyclic) bond motifs is 4. The summed E-state index contributed by atoms with van der Waals surface area (Å²) in [5.41, 5.74) is 4.28. The van der Waals surface area contributed by atoms with Crippen LogP contribution < -0.4 is 0 Å². The maximum absolute atomic E-state index is 8.94. The zero-order valence-electron chi connectivity index (χ0n) is 33.2. The van der Waals surface area contributed by atoms with Crippen molar-refractivity contribution in [3.8, 4) is 0 Å². The van der Waals surface area contributed by atoms with Crippen LogP contribution in [0.25, 0.3) is 10.6 Å². The van der Waals surface area contributed by atoms with Crippen molar-refractivity contribution in [1.82, 2.24) is 0 Å². The van der Waals surface area contributed by atoms with E-state index in [2.05, 4.69) is 55.7 Å². The molecule has 0 N–H and O–H groups in total. The first-order chi connectivity index (χ1) is 23.0. The van der Waals surface area contributed by atoms with Crippen molar-refractivity contribution in [1.29, 1.82) is 0 Å². The first-order valence-electron chi connectivity index (χ1n) is 19.5. The van der Waals surface area contributed by atoms with Gasteiger partial charge < -0.3 is 21.1 Å². The number of hydrogen-bond donors (Lipinski definition) is 0. The fourth-order valence-electron chi connectivity index (χ4n) is 7.46. The van der Waals surface area contributed by atoms with Gasteiger partial charge in [0.2, 0.25) is 0 Å². The average molecular weight is 811 g/mol. The molecule has 45 heavy (non-hydrogen) atoms. The van der Waals surface area contributed by atoms with Gasteiger partial charge in [0.05, 0.1) is 0 Å². The molecule has 0 aromatic heterocycles. The summed E-state index contributed by atoms with van der Waals surface area (Å²) >= 11 is 1.67. The van der Waals surface area contributed by atoms with Crippen LogP contribution >= 0.6 is 11.8 Å². The summed E-state index contributed by atoms with van der Waals surface area (Å²) in [6, 6.07) is -0.321. The van der Waals surface area contributed by atoms with E-state index in [9.17, 15) is 0 Å². The summed E-state index contributed by atoms with van der Waals surface area (Å²) in [5.74, 6) is 3.64. The van der Waals surface area contributed by atoms with Gasteiger partial charge in [-0.05, 0) is 72.2 Å². The summed E-state index contributed by atoms with van der Waals surface area (Å²) in [4.78, 5) is 6.70. The quantitative estimate of drug-likeness (QED) is 0.267. The fraction of sp³-hybridized carbons (Fsp3) is 0.692. The van der Waals surface area contributed by atoms with Crippen molar-refractivity contribution in [3.63, 3.8) is 0 Å². The Balaban J connectivity index is 0.000000255. The minimum Gasteiger partial charge on any atom is -0.769 e. The first kappa shape index (κ1) is 28.8. The Kier molecular flexibility index (Phi) is 9.28. The van der Waals surface area contributed by atoms with E-state index in [0.717, 1.165) is 71.3 Å². The molecule has 8 atom stereocenters. The molecule has 1 radical (unpaired) electrons. The summed E-state index contributed by atoms with van der Waals surface area (Å²) in [6.45, 7) is 13.6.